The molecule has 0 fully saturated rings. The van der Waals surface area contributed by atoms with Crippen LogP contribution in [0.15, 0.2) is 53.6 Å². The van der Waals surface area contributed by atoms with E-state index in [1.54, 1.807) is 0 Å². The second-order valence-electron chi connectivity index (χ2n) is 4.88. The lowest BCUT2D eigenvalue weighted by molar-refractivity contribution is 1.04. The zero-order valence-corrected chi connectivity index (χ0v) is 13.3. The van der Waals surface area contributed by atoms with Crippen molar-refractivity contribution in [3.05, 3.63) is 65.2 Å². The second kappa shape index (κ2) is 6.99. The average Bonchev–Trinajstić information content (AvgIpc) is 2.50. The van der Waals surface area contributed by atoms with Crippen molar-refractivity contribution < 1.29 is 0 Å². The average molecular weight is 297 g/mol. The summed E-state index contributed by atoms with van der Waals surface area (Å²) in [5.74, 6) is 0. The zero-order valence-electron chi connectivity index (χ0n) is 12.5. The molecule has 0 heterocycles. The first-order valence-corrected chi connectivity index (χ1v) is 7.21. The molecule has 0 aromatic heterocycles. The highest BCUT2D eigenvalue weighted by Gasteiger charge is 2.02. The Morgan fingerprint density at radius 2 is 1.71 bits per heavy atom. The molecule has 0 saturated carbocycles. The van der Waals surface area contributed by atoms with Crippen LogP contribution >= 0.6 is 12.2 Å². The molecule has 0 spiro atoms. The van der Waals surface area contributed by atoms with E-state index in [9.17, 15) is 0 Å². The largest absolute Gasteiger partial charge is 0.331 e. The van der Waals surface area contributed by atoms with Crippen molar-refractivity contribution in [1.82, 2.24) is 5.43 Å². The van der Waals surface area contributed by atoms with Crippen molar-refractivity contribution in [2.24, 2.45) is 5.10 Å². The standard InChI is InChI=1S/C17H19N3S/c1-12-8-7-11-16(13(12)2)18-17(21)20-19-14(3)15-9-5-4-6-10-15/h4-11H,1-3H3,(H2,18,20,21)/b19-14-. The Balaban J connectivity index is 2.01. The summed E-state index contributed by atoms with van der Waals surface area (Å²) in [4.78, 5) is 0. The Kier molecular flexibility index (Phi) is 5.06. The number of hydrogen-bond donors (Lipinski definition) is 2. The number of hydrogen-bond acceptors (Lipinski definition) is 2. The maximum Gasteiger partial charge on any atom is 0.191 e. The first-order valence-electron chi connectivity index (χ1n) is 6.81. The molecule has 0 aliphatic heterocycles. The van der Waals surface area contributed by atoms with E-state index in [-0.39, 0.29) is 0 Å². The van der Waals surface area contributed by atoms with E-state index in [2.05, 4.69) is 35.8 Å². The summed E-state index contributed by atoms with van der Waals surface area (Å²) in [6.45, 7) is 6.09. The molecule has 4 heteroatoms. The highest BCUT2D eigenvalue weighted by atomic mass is 32.1. The van der Waals surface area contributed by atoms with Crippen molar-refractivity contribution in [3.63, 3.8) is 0 Å². The van der Waals surface area contributed by atoms with Gasteiger partial charge in [-0.3, -0.25) is 5.43 Å². The Bertz CT molecular complexity index is 663. The van der Waals surface area contributed by atoms with Crippen LogP contribution < -0.4 is 10.7 Å². The first-order chi connectivity index (χ1) is 10.1. The van der Waals surface area contributed by atoms with Gasteiger partial charge in [0.2, 0.25) is 0 Å². The number of anilines is 1. The third-order valence-corrected chi connectivity index (χ3v) is 3.56. The number of nitrogens with zero attached hydrogens (tertiary/aromatic N) is 1. The molecule has 2 aromatic carbocycles. The lowest BCUT2D eigenvalue weighted by Crippen LogP contribution is -2.25. The van der Waals surface area contributed by atoms with Crippen LogP contribution in [0.4, 0.5) is 5.69 Å². The summed E-state index contributed by atoms with van der Waals surface area (Å²) in [6, 6.07) is 16.1. The minimum absolute atomic E-state index is 0.485. The van der Waals surface area contributed by atoms with Gasteiger partial charge in [0.25, 0.3) is 0 Å². The van der Waals surface area contributed by atoms with Gasteiger partial charge in [-0.05, 0) is 55.7 Å². The summed E-state index contributed by atoms with van der Waals surface area (Å²) in [7, 11) is 0. The van der Waals surface area contributed by atoms with Gasteiger partial charge in [0.15, 0.2) is 5.11 Å². The van der Waals surface area contributed by atoms with Crippen molar-refractivity contribution >= 4 is 28.7 Å². The first kappa shape index (κ1) is 15.2. The van der Waals surface area contributed by atoms with Gasteiger partial charge < -0.3 is 5.32 Å². The van der Waals surface area contributed by atoms with Gasteiger partial charge in [0.05, 0.1) is 5.71 Å². The maximum absolute atomic E-state index is 5.28. The number of rotatable bonds is 3. The normalized spacial score (nSPS) is 11.1. The lowest BCUT2D eigenvalue weighted by Gasteiger charge is -2.12. The molecule has 0 atom stereocenters. The quantitative estimate of drug-likeness (QED) is 0.510. The van der Waals surface area contributed by atoms with Gasteiger partial charge in [-0.2, -0.15) is 5.10 Å². The second-order valence-corrected chi connectivity index (χ2v) is 5.28. The molecule has 21 heavy (non-hydrogen) atoms. The zero-order chi connectivity index (χ0) is 15.2. The molecule has 0 bridgehead atoms. The lowest BCUT2D eigenvalue weighted by atomic mass is 10.1. The predicted molar refractivity (Wildman–Crippen MR) is 93.9 cm³/mol. The van der Waals surface area contributed by atoms with Crippen molar-refractivity contribution in [2.75, 3.05) is 5.32 Å². The fourth-order valence-corrected chi connectivity index (χ4v) is 2.07. The van der Waals surface area contributed by atoms with E-state index in [0.29, 0.717) is 5.11 Å². The molecular weight excluding hydrogens is 278 g/mol. The predicted octanol–water partition coefficient (Wildman–Crippen LogP) is 4.01. The number of benzene rings is 2. The van der Waals surface area contributed by atoms with Crippen molar-refractivity contribution in [3.8, 4) is 0 Å². The van der Waals surface area contributed by atoms with Gasteiger partial charge in [0, 0.05) is 5.69 Å². The van der Waals surface area contributed by atoms with E-state index in [4.69, 9.17) is 12.2 Å². The number of nitrogens with one attached hydrogen (secondary N) is 2. The summed E-state index contributed by atoms with van der Waals surface area (Å²) < 4.78 is 0. The third kappa shape index (κ3) is 4.13. The summed E-state index contributed by atoms with van der Waals surface area (Å²) >= 11 is 5.28. The highest BCUT2D eigenvalue weighted by molar-refractivity contribution is 7.80. The number of thiocarbonyl (C=S) groups is 1. The van der Waals surface area contributed by atoms with Gasteiger partial charge in [-0.1, -0.05) is 42.5 Å². The van der Waals surface area contributed by atoms with E-state index in [0.717, 1.165) is 17.0 Å². The van der Waals surface area contributed by atoms with E-state index >= 15 is 0 Å². The molecule has 0 amide bonds. The van der Waals surface area contributed by atoms with Crippen molar-refractivity contribution in [2.45, 2.75) is 20.8 Å². The smallest absolute Gasteiger partial charge is 0.191 e. The molecule has 2 N–H and O–H groups in total. The van der Waals surface area contributed by atoms with Gasteiger partial charge >= 0.3 is 0 Å². The SMILES string of the molecule is C/C(=N/NC(=S)Nc1cccc(C)c1C)c1ccccc1. The van der Waals surface area contributed by atoms with E-state index < -0.39 is 0 Å². The Labute approximate surface area is 131 Å². The fourth-order valence-electron chi connectivity index (χ4n) is 1.92. The van der Waals surface area contributed by atoms with Crippen LogP contribution in [0.25, 0.3) is 0 Å². The van der Waals surface area contributed by atoms with Crippen LogP contribution in [0.2, 0.25) is 0 Å². The molecule has 0 radical (unpaired) electrons. The molecule has 0 aliphatic rings. The van der Waals surface area contributed by atoms with E-state index in [1.165, 1.54) is 11.1 Å². The van der Waals surface area contributed by atoms with Crippen LogP contribution in [0.5, 0.6) is 0 Å². The van der Waals surface area contributed by atoms with Crippen LogP contribution in [0.1, 0.15) is 23.6 Å². The molecule has 0 saturated heterocycles. The molecule has 3 nitrogen and oxygen atoms in total. The maximum atomic E-state index is 5.28. The van der Waals surface area contributed by atoms with Crippen LogP contribution in [0, 0.1) is 13.8 Å². The van der Waals surface area contributed by atoms with Gasteiger partial charge in [-0.25, -0.2) is 0 Å². The fraction of sp³-hybridized carbons (Fsp3) is 0.176. The highest BCUT2D eigenvalue weighted by Crippen LogP contribution is 2.17. The Hall–Kier alpha value is -2.20. The molecule has 2 rings (SSSR count). The minimum Gasteiger partial charge on any atom is -0.331 e. The summed E-state index contributed by atoms with van der Waals surface area (Å²) in [6.07, 6.45) is 0. The third-order valence-electron chi connectivity index (χ3n) is 3.37. The summed E-state index contributed by atoms with van der Waals surface area (Å²) in [5, 5.41) is 7.96. The topological polar surface area (TPSA) is 36.4 Å². The molecule has 0 unspecified atom stereocenters. The molecule has 2 aromatic rings. The number of aryl methyl sites for hydroxylation is 1. The van der Waals surface area contributed by atoms with Gasteiger partial charge in [-0.15, -0.1) is 0 Å². The Morgan fingerprint density at radius 1 is 1.00 bits per heavy atom. The molecule has 108 valence electrons. The van der Waals surface area contributed by atoms with Crippen LogP contribution in [-0.4, -0.2) is 10.8 Å². The Morgan fingerprint density at radius 3 is 2.43 bits per heavy atom. The number of hydrazone groups is 1. The van der Waals surface area contributed by atoms with Gasteiger partial charge in [0.1, 0.15) is 0 Å². The van der Waals surface area contributed by atoms with E-state index in [1.807, 2.05) is 49.4 Å². The summed E-state index contributed by atoms with van der Waals surface area (Å²) in [5.41, 5.74) is 8.26. The van der Waals surface area contributed by atoms with Crippen LogP contribution in [0.3, 0.4) is 0 Å². The molecular formula is C17H19N3S. The van der Waals surface area contributed by atoms with Crippen molar-refractivity contribution in [1.29, 1.82) is 0 Å². The van der Waals surface area contributed by atoms with Crippen LogP contribution in [-0.2, 0) is 0 Å². The molecule has 0 aliphatic carbocycles. The minimum atomic E-state index is 0.485. The monoisotopic (exact) mass is 297 g/mol.